The van der Waals surface area contributed by atoms with Crippen molar-refractivity contribution in [2.24, 2.45) is 0 Å². The van der Waals surface area contributed by atoms with Crippen molar-refractivity contribution in [3.63, 3.8) is 0 Å². The summed E-state index contributed by atoms with van der Waals surface area (Å²) < 4.78 is 0. The summed E-state index contributed by atoms with van der Waals surface area (Å²) in [6.07, 6.45) is 0.182. The largest absolute Gasteiger partial charge is 0.326 e. The fourth-order valence-electron chi connectivity index (χ4n) is 3.02. The molecule has 0 aliphatic carbocycles. The predicted molar refractivity (Wildman–Crippen MR) is 82.0 cm³/mol. The minimum Gasteiger partial charge on any atom is -0.326 e. The van der Waals surface area contributed by atoms with Crippen molar-refractivity contribution in [3.05, 3.63) is 29.3 Å². The number of nitrogens with one attached hydrogen (secondary N) is 1. The van der Waals surface area contributed by atoms with Gasteiger partial charge in [0.15, 0.2) is 0 Å². The summed E-state index contributed by atoms with van der Waals surface area (Å²) in [5.41, 5.74) is 0.442. The third-order valence-electron chi connectivity index (χ3n) is 4.19. The van der Waals surface area contributed by atoms with E-state index in [1.54, 1.807) is 6.07 Å². The van der Waals surface area contributed by atoms with Crippen LogP contribution >= 0.6 is 0 Å². The number of carbonyl (C=O) groups is 5. The number of fused-ring (bicyclic) bond motifs is 1. The summed E-state index contributed by atoms with van der Waals surface area (Å²) in [5, 5.41) is 2.52. The number of imide groups is 2. The molecule has 8 nitrogen and oxygen atoms in total. The number of piperidine rings is 1. The first-order valence-corrected chi connectivity index (χ1v) is 7.41. The molecule has 1 N–H and O–H groups in total. The number of rotatable bonds is 2. The molecule has 0 radical (unpaired) electrons. The van der Waals surface area contributed by atoms with Gasteiger partial charge in [-0.25, -0.2) is 0 Å². The SMILES string of the molecule is CC(=O)Nc1cccc2c1C(=O)N(C1CCC(=O)N(C)C1=O)C2=O. The molecular weight excluding hydrogens is 314 g/mol. The van der Waals surface area contributed by atoms with Crippen LogP contribution in [0.2, 0.25) is 0 Å². The third-order valence-corrected chi connectivity index (χ3v) is 4.19. The van der Waals surface area contributed by atoms with Gasteiger partial charge in [-0.2, -0.15) is 0 Å². The molecule has 0 spiro atoms. The molecule has 5 amide bonds. The van der Waals surface area contributed by atoms with E-state index in [0.717, 1.165) is 9.80 Å². The Bertz CT molecular complexity index is 801. The minimum atomic E-state index is -1.01. The van der Waals surface area contributed by atoms with E-state index in [2.05, 4.69) is 5.32 Å². The summed E-state index contributed by atoms with van der Waals surface area (Å²) in [5.74, 6) is -2.53. The molecule has 24 heavy (non-hydrogen) atoms. The Balaban J connectivity index is 2.00. The van der Waals surface area contributed by atoms with E-state index in [1.807, 2.05) is 0 Å². The van der Waals surface area contributed by atoms with E-state index < -0.39 is 23.8 Å². The number of likely N-dealkylation sites (N-methyl/N-ethyl adjacent to an activating group) is 1. The van der Waals surface area contributed by atoms with Gasteiger partial charge in [-0.1, -0.05) is 6.07 Å². The number of anilines is 1. The van der Waals surface area contributed by atoms with Gasteiger partial charge >= 0.3 is 0 Å². The summed E-state index contributed by atoms with van der Waals surface area (Å²) >= 11 is 0. The monoisotopic (exact) mass is 329 g/mol. The van der Waals surface area contributed by atoms with Gasteiger partial charge in [-0.3, -0.25) is 33.8 Å². The molecule has 1 aromatic carbocycles. The number of amides is 5. The third kappa shape index (κ3) is 2.27. The van der Waals surface area contributed by atoms with Gasteiger partial charge in [-0.05, 0) is 18.6 Å². The number of nitrogens with zero attached hydrogens (tertiary/aromatic N) is 2. The van der Waals surface area contributed by atoms with Crippen molar-refractivity contribution in [1.29, 1.82) is 0 Å². The second kappa shape index (κ2) is 5.55. The molecule has 2 heterocycles. The lowest BCUT2D eigenvalue weighted by molar-refractivity contribution is -0.149. The molecule has 2 aliphatic rings. The van der Waals surface area contributed by atoms with Crippen LogP contribution in [0.25, 0.3) is 0 Å². The Morgan fingerprint density at radius 2 is 1.88 bits per heavy atom. The van der Waals surface area contributed by atoms with Crippen molar-refractivity contribution < 1.29 is 24.0 Å². The van der Waals surface area contributed by atoms with Crippen molar-refractivity contribution in [2.45, 2.75) is 25.8 Å². The topological polar surface area (TPSA) is 104 Å². The Morgan fingerprint density at radius 1 is 1.17 bits per heavy atom. The number of hydrogen-bond acceptors (Lipinski definition) is 5. The number of benzene rings is 1. The molecule has 3 rings (SSSR count). The highest BCUT2D eigenvalue weighted by Gasteiger charge is 2.47. The molecular formula is C16H15N3O5. The molecule has 1 fully saturated rings. The first kappa shape index (κ1) is 15.9. The molecule has 8 heteroatoms. The zero-order valence-corrected chi connectivity index (χ0v) is 13.2. The van der Waals surface area contributed by atoms with Gasteiger partial charge < -0.3 is 5.32 Å². The van der Waals surface area contributed by atoms with Crippen LogP contribution in [0.5, 0.6) is 0 Å². The van der Waals surface area contributed by atoms with E-state index >= 15 is 0 Å². The summed E-state index contributed by atoms with van der Waals surface area (Å²) in [6, 6.07) is 3.54. The Hall–Kier alpha value is -3.03. The van der Waals surface area contributed by atoms with Crippen molar-refractivity contribution in [1.82, 2.24) is 9.80 Å². The zero-order chi connectivity index (χ0) is 17.6. The van der Waals surface area contributed by atoms with Gasteiger partial charge in [0, 0.05) is 20.4 Å². The average Bonchev–Trinajstić information content (AvgIpc) is 2.78. The van der Waals surface area contributed by atoms with E-state index in [4.69, 9.17) is 0 Å². The van der Waals surface area contributed by atoms with Crippen molar-refractivity contribution >= 4 is 35.2 Å². The van der Waals surface area contributed by atoms with E-state index in [0.29, 0.717) is 0 Å². The molecule has 1 unspecified atom stereocenters. The summed E-state index contributed by atoms with van der Waals surface area (Å²) in [6.45, 7) is 1.30. The van der Waals surface area contributed by atoms with Crippen LogP contribution in [-0.4, -0.2) is 52.4 Å². The van der Waals surface area contributed by atoms with Crippen LogP contribution in [0.4, 0.5) is 5.69 Å². The fraction of sp³-hybridized carbons (Fsp3) is 0.312. The normalized spacial score (nSPS) is 20.5. The van der Waals surface area contributed by atoms with Crippen molar-refractivity contribution in [3.8, 4) is 0 Å². The lowest BCUT2D eigenvalue weighted by Crippen LogP contribution is -2.54. The Labute approximate surface area is 137 Å². The first-order valence-electron chi connectivity index (χ1n) is 7.41. The van der Waals surface area contributed by atoms with Gasteiger partial charge in [0.2, 0.25) is 11.8 Å². The van der Waals surface area contributed by atoms with Crippen molar-refractivity contribution in [2.75, 3.05) is 12.4 Å². The van der Waals surface area contributed by atoms with Gasteiger partial charge in [0.1, 0.15) is 6.04 Å². The maximum Gasteiger partial charge on any atom is 0.264 e. The number of likely N-dealkylation sites (tertiary alicyclic amines) is 1. The smallest absolute Gasteiger partial charge is 0.264 e. The van der Waals surface area contributed by atoms with Crippen LogP contribution in [0.3, 0.4) is 0 Å². The maximum atomic E-state index is 12.7. The highest BCUT2D eigenvalue weighted by Crippen LogP contribution is 2.33. The molecule has 1 aromatic rings. The average molecular weight is 329 g/mol. The molecule has 0 bridgehead atoms. The van der Waals surface area contributed by atoms with E-state index in [9.17, 15) is 24.0 Å². The highest BCUT2D eigenvalue weighted by atomic mass is 16.2. The quantitative estimate of drug-likeness (QED) is 0.790. The Kier molecular flexibility index (Phi) is 3.67. The van der Waals surface area contributed by atoms with E-state index in [-0.39, 0.29) is 41.5 Å². The predicted octanol–water partition coefficient (Wildman–Crippen LogP) is 0.388. The van der Waals surface area contributed by atoms with Crippen LogP contribution in [0.1, 0.15) is 40.5 Å². The van der Waals surface area contributed by atoms with Gasteiger partial charge in [0.05, 0.1) is 16.8 Å². The molecule has 1 saturated heterocycles. The van der Waals surface area contributed by atoms with E-state index in [1.165, 1.54) is 26.1 Å². The highest BCUT2D eigenvalue weighted by molar-refractivity contribution is 6.26. The van der Waals surface area contributed by atoms with Gasteiger partial charge in [0.25, 0.3) is 17.7 Å². The van der Waals surface area contributed by atoms with Gasteiger partial charge in [-0.15, -0.1) is 0 Å². The van der Waals surface area contributed by atoms with Crippen LogP contribution in [0.15, 0.2) is 18.2 Å². The first-order chi connectivity index (χ1) is 11.3. The second-order valence-electron chi connectivity index (χ2n) is 5.74. The summed E-state index contributed by atoms with van der Waals surface area (Å²) in [7, 11) is 1.33. The zero-order valence-electron chi connectivity index (χ0n) is 13.2. The fourth-order valence-corrected chi connectivity index (χ4v) is 3.02. The minimum absolute atomic E-state index is 0.0741. The lowest BCUT2D eigenvalue weighted by Gasteiger charge is -2.32. The molecule has 124 valence electrons. The number of hydrogen-bond donors (Lipinski definition) is 1. The molecule has 2 aliphatic heterocycles. The van der Waals surface area contributed by atoms with Crippen LogP contribution in [-0.2, 0) is 14.4 Å². The lowest BCUT2D eigenvalue weighted by atomic mass is 10.0. The van der Waals surface area contributed by atoms with Crippen LogP contribution in [0, 0.1) is 0 Å². The maximum absolute atomic E-state index is 12.7. The standard InChI is InChI=1S/C16H15N3O5/c1-8(20)17-10-5-3-4-9-13(10)16(24)19(14(9)22)11-6-7-12(21)18(2)15(11)23/h3-5,11H,6-7H2,1-2H3,(H,17,20). The molecule has 0 aromatic heterocycles. The number of carbonyl (C=O) groups excluding carboxylic acids is 5. The van der Waals surface area contributed by atoms with Crippen LogP contribution < -0.4 is 5.32 Å². The second-order valence-corrected chi connectivity index (χ2v) is 5.74. The summed E-state index contributed by atoms with van der Waals surface area (Å²) in [4.78, 5) is 62.4. The molecule has 0 saturated carbocycles. The Morgan fingerprint density at radius 3 is 2.54 bits per heavy atom. The molecule has 1 atom stereocenters.